The molecular weight excluding hydrogens is 468 g/mol. The second kappa shape index (κ2) is 12.4. The van der Waals surface area contributed by atoms with Gasteiger partial charge in [-0.2, -0.15) is 0 Å². The maximum absolute atomic E-state index is 13.6. The summed E-state index contributed by atoms with van der Waals surface area (Å²) in [5.41, 5.74) is 9.30. The standard InChI is InChI=1S/C30H40N2O5/c1-6-36-28(34)25(18-15-21-11-8-7-9-12-21)32(24-17-16-22-13-10-14-23(22)19-24)26(30(3,4)5)29(35)37-27(33)20(2)31/h7-9,11-12,16-17,19-20,25-26H,6,10,13-15,18,31H2,1-5H3/t20-,25-,26?/m0/s1. The van der Waals surface area contributed by atoms with E-state index in [1.807, 2.05) is 62.1 Å². The lowest BCUT2D eigenvalue weighted by Gasteiger charge is -2.43. The second-order valence-electron chi connectivity index (χ2n) is 10.8. The van der Waals surface area contributed by atoms with Gasteiger partial charge in [-0.25, -0.2) is 14.4 Å². The molecule has 0 saturated heterocycles. The van der Waals surface area contributed by atoms with Gasteiger partial charge in [0.25, 0.3) is 0 Å². The van der Waals surface area contributed by atoms with Crippen molar-refractivity contribution >= 4 is 23.6 Å². The Morgan fingerprint density at radius 1 is 0.973 bits per heavy atom. The molecule has 0 radical (unpaired) electrons. The number of esters is 3. The molecule has 3 atom stereocenters. The van der Waals surface area contributed by atoms with Gasteiger partial charge in [-0.1, -0.05) is 57.2 Å². The third-order valence-electron chi connectivity index (χ3n) is 6.72. The lowest BCUT2D eigenvalue weighted by molar-refractivity contribution is -0.163. The van der Waals surface area contributed by atoms with Crippen LogP contribution >= 0.6 is 0 Å². The minimum absolute atomic E-state index is 0.215. The predicted molar refractivity (Wildman–Crippen MR) is 144 cm³/mol. The maximum atomic E-state index is 13.6. The maximum Gasteiger partial charge on any atom is 0.337 e. The lowest BCUT2D eigenvalue weighted by atomic mass is 9.83. The van der Waals surface area contributed by atoms with Crippen LogP contribution in [0, 0.1) is 5.41 Å². The first-order valence-corrected chi connectivity index (χ1v) is 13.1. The summed E-state index contributed by atoms with van der Waals surface area (Å²) in [6.07, 6.45) is 4.05. The number of nitrogens with zero attached hydrogens (tertiary/aromatic N) is 1. The Hall–Kier alpha value is -3.19. The Balaban J connectivity index is 2.12. The minimum Gasteiger partial charge on any atom is -0.464 e. The molecule has 7 heteroatoms. The molecule has 2 N–H and O–H groups in total. The minimum atomic E-state index is -0.947. The molecule has 1 aliphatic rings. The molecule has 0 bridgehead atoms. The van der Waals surface area contributed by atoms with Gasteiger partial charge < -0.3 is 20.1 Å². The number of fused-ring (bicyclic) bond motifs is 1. The molecule has 3 rings (SSSR count). The number of carbonyl (C=O) groups is 3. The Kier molecular flexibility index (Phi) is 9.49. The quantitative estimate of drug-likeness (QED) is 0.376. The molecule has 1 aliphatic carbocycles. The average Bonchev–Trinajstić information content (AvgIpc) is 3.31. The summed E-state index contributed by atoms with van der Waals surface area (Å²) in [5.74, 6) is -1.95. The fourth-order valence-corrected chi connectivity index (χ4v) is 4.92. The largest absolute Gasteiger partial charge is 0.464 e. The number of rotatable bonds is 10. The SMILES string of the molecule is CCOC(=O)[C@H](CCc1ccccc1)N(c1ccc2c(c1)CCC2)C(C(=O)OC(=O)[C@H](C)N)C(C)(C)C. The van der Waals surface area contributed by atoms with Crippen LogP contribution in [-0.4, -0.2) is 42.6 Å². The van der Waals surface area contributed by atoms with Crippen LogP contribution in [0.3, 0.4) is 0 Å². The molecule has 0 fully saturated rings. The topological polar surface area (TPSA) is 98.9 Å². The van der Waals surface area contributed by atoms with Crippen molar-refractivity contribution < 1.29 is 23.9 Å². The number of aryl methyl sites for hydroxylation is 3. The van der Waals surface area contributed by atoms with E-state index in [1.165, 1.54) is 18.1 Å². The third kappa shape index (κ3) is 7.19. The van der Waals surface area contributed by atoms with Crippen LogP contribution in [0.2, 0.25) is 0 Å². The van der Waals surface area contributed by atoms with E-state index in [2.05, 4.69) is 12.1 Å². The number of hydrogen-bond acceptors (Lipinski definition) is 7. The molecule has 0 heterocycles. The van der Waals surface area contributed by atoms with E-state index < -0.39 is 41.4 Å². The number of anilines is 1. The van der Waals surface area contributed by atoms with Gasteiger partial charge in [-0.05, 0) is 80.2 Å². The van der Waals surface area contributed by atoms with Gasteiger partial charge in [0, 0.05) is 5.69 Å². The van der Waals surface area contributed by atoms with Gasteiger partial charge in [0.15, 0.2) is 0 Å². The molecular formula is C30H40N2O5. The summed E-state index contributed by atoms with van der Waals surface area (Å²) in [4.78, 5) is 41.3. The number of benzene rings is 2. The van der Waals surface area contributed by atoms with Crippen LogP contribution in [0.5, 0.6) is 0 Å². The van der Waals surface area contributed by atoms with E-state index in [1.54, 1.807) is 6.92 Å². The van der Waals surface area contributed by atoms with Crippen molar-refractivity contribution in [1.82, 2.24) is 0 Å². The van der Waals surface area contributed by atoms with E-state index in [-0.39, 0.29) is 6.61 Å². The number of nitrogens with two attached hydrogens (primary N) is 1. The van der Waals surface area contributed by atoms with Crippen LogP contribution in [0.25, 0.3) is 0 Å². The molecule has 0 spiro atoms. The van der Waals surface area contributed by atoms with Crippen molar-refractivity contribution in [3.8, 4) is 0 Å². The molecule has 37 heavy (non-hydrogen) atoms. The van der Waals surface area contributed by atoms with Crippen molar-refractivity contribution in [2.24, 2.45) is 11.1 Å². The smallest absolute Gasteiger partial charge is 0.337 e. The Morgan fingerprint density at radius 3 is 2.27 bits per heavy atom. The van der Waals surface area contributed by atoms with E-state index in [4.69, 9.17) is 15.2 Å². The van der Waals surface area contributed by atoms with Crippen LogP contribution in [-0.2, 0) is 43.1 Å². The summed E-state index contributed by atoms with van der Waals surface area (Å²) >= 11 is 0. The van der Waals surface area contributed by atoms with E-state index in [0.29, 0.717) is 12.8 Å². The van der Waals surface area contributed by atoms with Gasteiger partial charge in [0.05, 0.1) is 6.61 Å². The van der Waals surface area contributed by atoms with Gasteiger partial charge >= 0.3 is 17.9 Å². The summed E-state index contributed by atoms with van der Waals surface area (Å²) in [7, 11) is 0. The van der Waals surface area contributed by atoms with E-state index in [9.17, 15) is 14.4 Å². The summed E-state index contributed by atoms with van der Waals surface area (Å²) in [5, 5.41) is 0. The fourth-order valence-electron chi connectivity index (χ4n) is 4.92. The van der Waals surface area contributed by atoms with Crippen molar-refractivity contribution in [3.63, 3.8) is 0 Å². The molecule has 0 amide bonds. The third-order valence-corrected chi connectivity index (χ3v) is 6.72. The van der Waals surface area contributed by atoms with Crippen LogP contribution in [0.1, 0.15) is 64.2 Å². The molecule has 2 aromatic rings. The van der Waals surface area contributed by atoms with Crippen LogP contribution < -0.4 is 10.6 Å². The van der Waals surface area contributed by atoms with Gasteiger partial charge in [0.1, 0.15) is 18.1 Å². The zero-order valence-electron chi connectivity index (χ0n) is 22.7. The van der Waals surface area contributed by atoms with Crippen molar-refractivity contribution in [2.45, 2.75) is 84.8 Å². The second-order valence-corrected chi connectivity index (χ2v) is 10.8. The number of ether oxygens (including phenoxy) is 2. The molecule has 0 aliphatic heterocycles. The first kappa shape index (κ1) is 28.4. The first-order chi connectivity index (χ1) is 17.5. The molecule has 2 aromatic carbocycles. The fraction of sp³-hybridized carbons (Fsp3) is 0.500. The molecule has 1 unspecified atom stereocenters. The zero-order chi connectivity index (χ0) is 27.2. The monoisotopic (exact) mass is 508 g/mol. The van der Waals surface area contributed by atoms with Crippen molar-refractivity contribution in [3.05, 3.63) is 65.2 Å². The Morgan fingerprint density at radius 2 is 1.65 bits per heavy atom. The van der Waals surface area contributed by atoms with Gasteiger partial charge in [-0.3, -0.25) is 0 Å². The summed E-state index contributed by atoms with van der Waals surface area (Å²) in [6, 6.07) is 13.3. The molecule has 200 valence electrons. The highest BCUT2D eigenvalue weighted by Gasteiger charge is 2.44. The highest BCUT2D eigenvalue weighted by Crippen LogP contribution is 2.36. The normalized spacial score (nSPS) is 15.3. The summed E-state index contributed by atoms with van der Waals surface area (Å²) in [6.45, 7) is 9.15. The predicted octanol–water partition coefficient (Wildman–Crippen LogP) is 4.38. The first-order valence-electron chi connectivity index (χ1n) is 13.1. The van der Waals surface area contributed by atoms with Crippen LogP contribution in [0.15, 0.2) is 48.5 Å². The number of carbonyl (C=O) groups excluding carboxylic acids is 3. The zero-order valence-corrected chi connectivity index (χ0v) is 22.7. The van der Waals surface area contributed by atoms with Crippen LogP contribution in [0.4, 0.5) is 5.69 Å². The highest BCUT2D eigenvalue weighted by molar-refractivity contribution is 5.94. The van der Waals surface area contributed by atoms with Crippen molar-refractivity contribution in [2.75, 3.05) is 11.5 Å². The Bertz CT molecular complexity index is 1090. The molecule has 0 aromatic heterocycles. The molecule has 7 nitrogen and oxygen atoms in total. The van der Waals surface area contributed by atoms with E-state index in [0.717, 1.165) is 30.5 Å². The van der Waals surface area contributed by atoms with Crippen molar-refractivity contribution in [1.29, 1.82) is 0 Å². The van der Waals surface area contributed by atoms with Gasteiger partial charge in [0.2, 0.25) is 0 Å². The van der Waals surface area contributed by atoms with E-state index >= 15 is 0 Å². The summed E-state index contributed by atoms with van der Waals surface area (Å²) < 4.78 is 10.8. The Labute approximate surface area is 220 Å². The number of hydrogen-bond donors (Lipinski definition) is 1. The van der Waals surface area contributed by atoms with Gasteiger partial charge in [-0.15, -0.1) is 0 Å². The molecule has 0 saturated carbocycles. The lowest BCUT2D eigenvalue weighted by Crippen LogP contribution is -2.58. The highest BCUT2D eigenvalue weighted by atomic mass is 16.6. The average molecular weight is 509 g/mol.